The quantitative estimate of drug-likeness (QED) is 0.818. The van der Waals surface area contributed by atoms with Gasteiger partial charge in [-0.05, 0) is 33.1 Å². The Bertz CT molecular complexity index is 433. The summed E-state index contributed by atoms with van der Waals surface area (Å²) < 4.78 is 0. The van der Waals surface area contributed by atoms with Gasteiger partial charge in [-0.2, -0.15) is 15.0 Å². The molecule has 1 fully saturated rings. The first-order chi connectivity index (χ1) is 9.61. The van der Waals surface area contributed by atoms with Crippen LogP contribution in [-0.2, 0) is 0 Å². The van der Waals surface area contributed by atoms with E-state index in [-0.39, 0.29) is 18.6 Å². The SMILES string of the molecule is CC(C)N(CCO)c1nc(N)nc(N2CCCCC2)n1. The molecule has 112 valence electrons. The minimum atomic E-state index is 0.0583. The summed E-state index contributed by atoms with van der Waals surface area (Å²) in [6, 6.07) is 0.193. The predicted octanol–water partition coefficient (Wildman–Crippen LogP) is 0.651. The zero-order valence-electron chi connectivity index (χ0n) is 12.3. The minimum absolute atomic E-state index is 0.0583. The second-order valence-electron chi connectivity index (χ2n) is 5.35. The standard InChI is InChI=1S/C13H24N6O/c1-10(2)19(8-9-20)13-16-11(14)15-12(17-13)18-6-4-3-5-7-18/h10,20H,3-9H2,1-2H3,(H2,14,15,16,17). The van der Waals surface area contributed by atoms with Crippen molar-refractivity contribution >= 4 is 17.8 Å². The fourth-order valence-corrected chi connectivity index (χ4v) is 2.43. The first kappa shape index (κ1) is 14.8. The monoisotopic (exact) mass is 280 g/mol. The number of rotatable bonds is 5. The predicted molar refractivity (Wildman–Crippen MR) is 79.9 cm³/mol. The van der Waals surface area contributed by atoms with E-state index in [9.17, 15) is 5.11 Å². The van der Waals surface area contributed by atoms with Crippen LogP contribution in [-0.4, -0.2) is 52.3 Å². The van der Waals surface area contributed by atoms with Gasteiger partial charge >= 0.3 is 0 Å². The van der Waals surface area contributed by atoms with E-state index in [1.807, 2.05) is 18.7 Å². The van der Waals surface area contributed by atoms with Crippen LogP contribution >= 0.6 is 0 Å². The third-order valence-electron chi connectivity index (χ3n) is 3.49. The Balaban J connectivity index is 2.26. The number of aromatic nitrogens is 3. The molecular formula is C13H24N6O. The molecular weight excluding hydrogens is 256 g/mol. The van der Waals surface area contributed by atoms with Gasteiger partial charge in [-0.15, -0.1) is 0 Å². The molecule has 3 N–H and O–H groups in total. The molecule has 7 heteroatoms. The highest BCUT2D eigenvalue weighted by atomic mass is 16.3. The van der Waals surface area contributed by atoms with E-state index >= 15 is 0 Å². The smallest absolute Gasteiger partial charge is 0.232 e. The van der Waals surface area contributed by atoms with Gasteiger partial charge in [0.1, 0.15) is 0 Å². The number of nitrogens with zero attached hydrogens (tertiary/aromatic N) is 5. The zero-order valence-corrected chi connectivity index (χ0v) is 12.3. The van der Waals surface area contributed by atoms with Crippen molar-refractivity contribution in [1.29, 1.82) is 0 Å². The number of hydrogen-bond donors (Lipinski definition) is 2. The van der Waals surface area contributed by atoms with Gasteiger partial charge in [0, 0.05) is 25.7 Å². The summed E-state index contributed by atoms with van der Waals surface area (Å²) in [5.74, 6) is 1.43. The molecule has 1 aromatic rings. The number of anilines is 3. The lowest BCUT2D eigenvalue weighted by Crippen LogP contribution is -2.36. The van der Waals surface area contributed by atoms with Gasteiger partial charge in [0.25, 0.3) is 0 Å². The molecule has 7 nitrogen and oxygen atoms in total. The first-order valence-corrected chi connectivity index (χ1v) is 7.26. The molecule has 2 heterocycles. The highest BCUT2D eigenvalue weighted by molar-refractivity contribution is 5.44. The number of nitrogen functional groups attached to an aromatic ring is 1. The van der Waals surface area contributed by atoms with Gasteiger partial charge < -0.3 is 20.6 Å². The van der Waals surface area contributed by atoms with Gasteiger partial charge in [0.05, 0.1) is 6.61 Å². The fourth-order valence-electron chi connectivity index (χ4n) is 2.43. The van der Waals surface area contributed by atoms with E-state index in [1.54, 1.807) is 0 Å². The molecule has 0 atom stereocenters. The number of piperidine rings is 1. The van der Waals surface area contributed by atoms with Crippen molar-refractivity contribution in [2.75, 3.05) is 41.8 Å². The minimum Gasteiger partial charge on any atom is -0.395 e. The molecule has 1 aromatic heterocycles. The van der Waals surface area contributed by atoms with Crippen LogP contribution in [0.15, 0.2) is 0 Å². The van der Waals surface area contributed by atoms with Crippen LogP contribution in [0.1, 0.15) is 33.1 Å². The number of aliphatic hydroxyl groups is 1. The molecule has 2 rings (SSSR count). The van der Waals surface area contributed by atoms with Gasteiger partial charge in [-0.3, -0.25) is 0 Å². The molecule has 0 radical (unpaired) electrons. The molecule has 0 aromatic carbocycles. The number of hydrogen-bond acceptors (Lipinski definition) is 7. The average molecular weight is 280 g/mol. The van der Waals surface area contributed by atoms with Crippen LogP contribution in [0.2, 0.25) is 0 Å². The zero-order chi connectivity index (χ0) is 14.5. The van der Waals surface area contributed by atoms with E-state index < -0.39 is 0 Å². The van der Waals surface area contributed by atoms with E-state index in [1.165, 1.54) is 6.42 Å². The Kier molecular flexibility index (Phi) is 4.94. The van der Waals surface area contributed by atoms with E-state index in [4.69, 9.17) is 5.73 Å². The van der Waals surface area contributed by atoms with Crippen LogP contribution in [0.5, 0.6) is 0 Å². The molecule has 0 bridgehead atoms. The van der Waals surface area contributed by atoms with E-state index in [0.29, 0.717) is 18.4 Å². The van der Waals surface area contributed by atoms with Crippen LogP contribution in [0.25, 0.3) is 0 Å². The summed E-state index contributed by atoms with van der Waals surface area (Å²) in [5, 5.41) is 9.18. The van der Waals surface area contributed by atoms with Gasteiger partial charge in [-0.1, -0.05) is 0 Å². The van der Waals surface area contributed by atoms with E-state index in [2.05, 4.69) is 19.9 Å². The molecule has 0 aliphatic carbocycles. The van der Waals surface area contributed by atoms with Crippen LogP contribution in [0.4, 0.5) is 17.8 Å². The second kappa shape index (κ2) is 6.69. The largest absolute Gasteiger partial charge is 0.395 e. The van der Waals surface area contributed by atoms with Crippen LogP contribution in [0, 0.1) is 0 Å². The lowest BCUT2D eigenvalue weighted by Gasteiger charge is -2.29. The lowest BCUT2D eigenvalue weighted by atomic mass is 10.1. The maximum absolute atomic E-state index is 9.18. The third kappa shape index (κ3) is 3.47. The van der Waals surface area contributed by atoms with Gasteiger partial charge in [0.15, 0.2) is 0 Å². The molecule has 0 amide bonds. The average Bonchev–Trinajstić information content (AvgIpc) is 2.44. The Hall–Kier alpha value is -1.63. The fraction of sp³-hybridized carbons (Fsp3) is 0.769. The van der Waals surface area contributed by atoms with Crippen molar-refractivity contribution in [1.82, 2.24) is 15.0 Å². The lowest BCUT2D eigenvalue weighted by molar-refractivity contribution is 0.298. The van der Waals surface area contributed by atoms with Crippen molar-refractivity contribution in [2.24, 2.45) is 0 Å². The Morgan fingerprint density at radius 1 is 1.20 bits per heavy atom. The molecule has 0 saturated carbocycles. The Labute approximate surface area is 119 Å². The van der Waals surface area contributed by atoms with Gasteiger partial charge in [-0.25, -0.2) is 0 Å². The normalized spacial score (nSPS) is 15.7. The van der Waals surface area contributed by atoms with Crippen molar-refractivity contribution in [3.05, 3.63) is 0 Å². The second-order valence-corrected chi connectivity index (χ2v) is 5.35. The summed E-state index contributed by atoms with van der Waals surface area (Å²) in [6.45, 7) is 6.55. The third-order valence-corrected chi connectivity index (χ3v) is 3.49. The maximum Gasteiger partial charge on any atom is 0.232 e. The molecule has 1 saturated heterocycles. The van der Waals surface area contributed by atoms with E-state index in [0.717, 1.165) is 25.9 Å². The Morgan fingerprint density at radius 2 is 1.90 bits per heavy atom. The van der Waals surface area contributed by atoms with Crippen molar-refractivity contribution in [2.45, 2.75) is 39.2 Å². The summed E-state index contributed by atoms with van der Waals surface area (Å²) in [7, 11) is 0. The summed E-state index contributed by atoms with van der Waals surface area (Å²) in [6.07, 6.45) is 3.57. The van der Waals surface area contributed by atoms with Crippen molar-refractivity contribution in [3.8, 4) is 0 Å². The molecule has 0 unspecified atom stereocenters. The first-order valence-electron chi connectivity index (χ1n) is 7.26. The highest BCUT2D eigenvalue weighted by Gasteiger charge is 2.19. The molecule has 1 aliphatic heterocycles. The topological polar surface area (TPSA) is 91.4 Å². The molecule has 20 heavy (non-hydrogen) atoms. The Morgan fingerprint density at radius 3 is 2.50 bits per heavy atom. The number of nitrogens with two attached hydrogens (primary N) is 1. The van der Waals surface area contributed by atoms with Crippen molar-refractivity contribution < 1.29 is 5.11 Å². The number of aliphatic hydroxyl groups excluding tert-OH is 1. The van der Waals surface area contributed by atoms with Gasteiger partial charge in [0.2, 0.25) is 17.8 Å². The van der Waals surface area contributed by atoms with Crippen LogP contribution < -0.4 is 15.5 Å². The summed E-state index contributed by atoms with van der Waals surface area (Å²) in [4.78, 5) is 17.1. The summed E-state index contributed by atoms with van der Waals surface area (Å²) >= 11 is 0. The maximum atomic E-state index is 9.18. The highest BCUT2D eigenvalue weighted by Crippen LogP contribution is 2.20. The summed E-state index contributed by atoms with van der Waals surface area (Å²) in [5.41, 5.74) is 5.82. The molecule has 1 aliphatic rings. The van der Waals surface area contributed by atoms with Crippen LogP contribution in [0.3, 0.4) is 0 Å². The van der Waals surface area contributed by atoms with Crippen molar-refractivity contribution in [3.63, 3.8) is 0 Å². The molecule has 0 spiro atoms.